The maximum atomic E-state index is 12.3. The number of hydrogen-bond acceptors (Lipinski definition) is 6. The summed E-state index contributed by atoms with van der Waals surface area (Å²) in [4.78, 5) is 16.3. The summed E-state index contributed by atoms with van der Waals surface area (Å²) in [6, 6.07) is 12.3. The molecular formula is C20H26N6OS. The van der Waals surface area contributed by atoms with Gasteiger partial charge >= 0.3 is 0 Å². The quantitative estimate of drug-likeness (QED) is 0.604. The van der Waals surface area contributed by atoms with Gasteiger partial charge in [0.2, 0.25) is 5.91 Å². The van der Waals surface area contributed by atoms with Crippen LogP contribution in [0.2, 0.25) is 0 Å². The van der Waals surface area contributed by atoms with Gasteiger partial charge in [-0.05, 0) is 31.5 Å². The molecule has 0 N–H and O–H groups in total. The number of rotatable bonds is 9. The van der Waals surface area contributed by atoms with Crippen molar-refractivity contribution in [2.24, 2.45) is 0 Å². The second-order valence-corrected chi connectivity index (χ2v) is 7.91. The highest BCUT2D eigenvalue weighted by atomic mass is 32.2. The van der Waals surface area contributed by atoms with Crippen molar-refractivity contribution in [3.05, 3.63) is 41.7 Å². The standard InChI is InChI=1S/C20H26N6OS/c1-24(11-7-10-21)19(27)16-28-20-23-22-18(15-25-12-5-6-13-25)26(20)14-17-8-3-2-4-9-17/h2-4,8-9H,5-7,11-16H2,1H3. The van der Waals surface area contributed by atoms with E-state index in [4.69, 9.17) is 5.26 Å². The van der Waals surface area contributed by atoms with Gasteiger partial charge in [-0.3, -0.25) is 9.69 Å². The molecule has 28 heavy (non-hydrogen) atoms. The van der Waals surface area contributed by atoms with Gasteiger partial charge in [0.25, 0.3) is 0 Å². The van der Waals surface area contributed by atoms with Crippen LogP contribution >= 0.6 is 11.8 Å². The van der Waals surface area contributed by atoms with Crippen molar-refractivity contribution in [2.45, 2.75) is 37.5 Å². The molecule has 0 aliphatic carbocycles. The summed E-state index contributed by atoms with van der Waals surface area (Å²) in [6.45, 7) is 4.13. The molecule has 2 aromatic rings. The Balaban J connectivity index is 1.71. The largest absolute Gasteiger partial charge is 0.344 e. The minimum atomic E-state index is -0.00407. The molecule has 0 saturated carbocycles. The van der Waals surface area contributed by atoms with Crippen LogP contribution in [-0.2, 0) is 17.9 Å². The van der Waals surface area contributed by atoms with Crippen LogP contribution in [0, 0.1) is 11.3 Å². The summed E-state index contributed by atoms with van der Waals surface area (Å²) >= 11 is 1.41. The van der Waals surface area contributed by atoms with E-state index < -0.39 is 0 Å². The molecule has 0 bridgehead atoms. The zero-order chi connectivity index (χ0) is 19.8. The average Bonchev–Trinajstić information content (AvgIpc) is 3.36. The average molecular weight is 399 g/mol. The molecule has 1 aliphatic heterocycles. The minimum absolute atomic E-state index is 0.00407. The zero-order valence-corrected chi connectivity index (χ0v) is 17.1. The summed E-state index contributed by atoms with van der Waals surface area (Å²) in [6.07, 6.45) is 2.81. The highest BCUT2D eigenvalue weighted by Crippen LogP contribution is 2.21. The number of hydrogen-bond donors (Lipinski definition) is 0. The molecule has 0 unspecified atom stereocenters. The van der Waals surface area contributed by atoms with E-state index in [0.717, 1.165) is 30.6 Å². The number of carbonyl (C=O) groups excluding carboxylic acids is 1. The van der Waals surface area contributed by atoms with Gasteiger partial charge in [-0.25, -0.2) is 0 Å². The summed E-state index contributed by atoms with van der Waals surface area (Å²) in [5, 5.41) is 18.3. The van der Waals surface area contributed by atoms with Crippen molar-refractivity contribution in [2.75, 3.05) is 32.4 Å². The SMILES string of the molecule is CN(CCC#N)C(=O)CSc1nnc(CN2CCCC2)n1Cc1ccccc1. The van der Waals surface area contributed by atoms with E-state index in [0.29, 0.717) is 25.3 Å². The first-order chi connectivity index (χ1) is 13.7. The molecular weight excluding hydrogens is 372 g/mol. The maximum absolute atomic E-state index is 12.3. The van der Waals surface area contributed by atoms with E-state index in [-0.39, 0.29) is 5.91 Å². The van der Waals surface area contributed by atoms with E-state index in [1.165, 1.54) is 30.2 Å². The second-order valence-electron chi connectivity index (χ2n) is 6.97. The number of nitrogens with zero attached hydrogens (tertiary/aromatic N) is 6. The molecule has 3 rings (SSSR count). The normalized spacial score (nSPS) is 14.1. The van der Waals surface area contributed by atoms with Crippen LogP contribution in [0.5, 0.6) is 0 Å². The first kappa shape index (κ1) is 20.4. The van der Waals surface area contributed by atoms with Gasteiger partial charge in [-0.1, -0.05) is 42.1 Å². The van der Waals surface area contributed by atoms with Gasteiger partial charge in [0, 0.05) is 13.6 Å². The Morgan fingerprint density at radius 1 is 1.21 bits per heavy atom. The fourth-order valence-electron chi connectivity index (χ4n) is 3.19. The van der Waals surface area contributed by atoms with Gasteiger partial charge in [-0.2, -0.15) is 5.26 Å². The monoisotopic (exact) mass is 398 g/mol. The molecule has 1 saturated heterocycles. The van der Waals surface area contributed by atoms with Crippen LogP contribution in [0.15, 0.2) is 35.5 Å². The van der Waals surface area contributed by atoms with Gasteiger partial charge in [-0.15, -0.1) is 10.2 Å². The Hall–Kier alpha value is -2.37. The minimum Gasteiger partial charge on any atom is -0.344 e. The van der Waals surface area contributed by atoms with Crippen molar-refractivity contribution in [3.8, 4) is 6.07 Å². The molecule has 8 heteroatoms. The van der Waals surface area contributed by atoms with Crippen molar-refractivity contribution in [3.63, 3.8) is 0 Å². The second kappa shape index (κ2) is 10.2. The highest BCUT2D eigenvalue weighted by molar-refractivity contribution is 7.99. The third-order valence-corrected chi connectivity index (χ3v) is 5.80. The molecule has 0 spiro atoms. The lowest BCUT2D eigenvalue weighted by atomic mass is 10.2. The molecule has 1 fully saturated rings. The smallest absolute Gasteiger partial charge is 0.232 e. The number of amides is 1. The predicted octanol–water partition coefficient (Wildman–Crippen LogP) is 2.39. The van der Waals surface area contributed by atoms with Crippen LogP contribution in [0.4, 0.5) is 0 Å². The first-order valence-corrected chi connectivity index (χ1v) is 10.6. The number of thioether (sulfide) groups is 1. The van der Waals surface area contributed by atoms with Crippen molar-refractivity contribution in [1.29, 1.82) is 5.26 Å². The van der Waals surface area contributed by atoms with E-state index in [9.17, 15) is 4.79 Å². The lowest BCUT2D eigenvalue weighted by Crippen LogP contribution is -2.29. The number of aromatic nitrogens is 3. The summed E-state index contributed by atoms with van der Waals surface area (Å²) in [5.41, 5.74) is 1.18. The van der Waals surface area contributed by atoms with E-state index >= 15 is 0 Å². The van der Waals surface area contributed by atoms with Crippen LogP contribution in [0.3, 0.4) is 0 Å². The maximum Gasteiger partial charge on any atom is 0.232 e. The Morgan fingerprint density at radius 3 is 2.68 bits per heavy atom. The molecule has 1 amide bonds. The summed E-state index contributed by atoms with van der Waals surface area (Å²) < 4.78 is 2.13. The number of nitriles is 1. The van der Waals surface area contributed by atoms with E-state index in [1.54, 1.807) is 11.9 Å². The van der Waals surface area contributed by atoms with Gasteiger partial charge < -0.3 is 9.47 Å². The molecule has 1 aliphatic rings. The molecule has 0 radical (unpaired) electrons. The molecule has 2 heterocycles. The van der Waals surface area contributed by atoms with E-state index in [2.05, 4.69) is 37.9 Å². The Kier molecular flexibility index (Phi) is 7.46. The lowest BCUT2D eigenvalue weighted by molar-refractivity contribution is -0.127. The van der Waals surface area contributed by atoms with Gasteiger partial charge in [0.1, 0.15) is 5.82 Å². The van der Waals surface area contributed by atoms with Crippen LogP contribution in [0.25, 0.3) is 0 Å². The molecule has 1 aromatic heterocycles. The van der Waals surface area contributed by atoms with Crippen molar-refractivity contribution < 1.29 is 4.79 Å². The molecule has 148 valence electrons. The van der Waals surface area contributed by atoms with Gasteiger partial charge in [0.05, 0.1) is 31.3 Å². The fraction of sp³-hybridized carbons (Fsp3) is 0.500. The molecule has 0 atom stereocenters. The lowest BCUT2D eigenvalue weighted by Gasteiger charge is -2.17. The first-order valence-electron chi connectivity index (χ1n) is 9.59. The number of carbonyl (C=O) groups is 1. The number of benzene rings is 1. The Bertz CT molecular complexity index is 810. The van der Waals surface area contributed by atoms with Crippen molar-refractivity contribution in [1.82, 2.24) is 24.6 Å². The molecule has 7 nitrogen and oxygen atoms in total. The van der Waals surface area contributed by atoms with Crippen LogP contribution < -0.4 is 0 Å². The Labute approximate surface area is 170 Å². The third-order valence-electron chi connectivity index (χ3n) is 4.85. The number of likely N-dealkylation sites (tertiary alicyclic amines) is 1. The van der Waals surface area contributed by atoms with Crippen molar-refractivity contribution >= 4 is 17.7 Å². The van der Waals surface area contributed by atoms with E-state index in [1.807, 2.05) is 18.2 Å². The summed E-state index contributed by atoms with van der Waals surface area (Å²) in [7, 11) is 1.73. The topological polar surface area (TPSA) is 78.0 Å². The third kappa shape index (κ3) is 5.57. The Morgan fingerprint density at radius 2 is 1.96 bits per heavy atom. The molecule has 1 aromatic carbocycles. The zero-order valence-electron chi connectivity index (χ0n) is 16.3. The predicted molar refractivity (Wildman–Crippen MR) is 109 cm³/mol. The van der Waals surface area contributed by atoms with Crippen LogP contribution in [-0.4, -0.2) is 62.9 Å². The van der Waals surface area contributed by atoms with Gasteiger partial charge in [0.15, 0.2) is 5.16 Å². The summed E-state index contributed by atoms with van der Waals surface area (Å²) in [5.74, 6) is 1.23. The van der Waals surface area contributed by atoms with Crippen LogP contribution in [0.1, 0.15) is 30.7 Å². The fourth-order valence-corrected chi connectivity index (χ4v) is 4.08. The highest BCUT2D eigenvalue weighted by Gasteiger charge is 2.19.